The Morgan fingerprint density at radius 3 is 2.38 bits per heavy atom. The summed E-state index contributed by atoms with van der Waals surface area (Å²) in [6, 6.07) is 12.2. The minimum atomic E-state index is -1.63. The predicted molar refractivity (Wildman–Crippen MR) is 144 cm³/mol. The Labute approximate surface area is 237 Å². The molecule has 1 heterocycles. The SMILES string of the molecule is Cc1cccc(NC(=O)N2CCN(C(=O)c3ccc(F)c(F)c3)C2C(=O)NC(CC(=O)O)c2cccc([N+](=O)[O-])c2)c1. The molecule has 3 aromatic carbocycles. The molecule has 0 bridgehead atoms. The van der Waals surface area contributed by atoms with Crippen molar-refractivity contribution in [1.82, 2.24) is 15.1 Å². The molecule has 0 aliphatic carbocycles. The number of carbonyl (C=O) groups excluding carboxylic acids is 3. The molecule has 218 valence electrons. The van der Waals surface area contributed by atoms with Gasteiger partial charge in [-0.1, -0.05) is 24.3 Å². The molecule has 0 radical (unpaired) electrons. The summed E-state index contributed by atoms with van der Waals surface area (Å²) < 4.78 is 27.4. The second-order valence-electron chi connectivity index (χ2n) is 9.51. The minimum absolute atomic E-state index is 0.104. The van der Waals surface area contributed by atoms with E-state index in [1.165, 1.54) is 18.2 Å². The first-order valence-corrected chi connectivity index (χ1v) is 12.6. The number of halogens is 2. The summed E-state index contributed by atoms with van der Waals surface area (Å²) in [6.45, 7) is 1.50. The van der Waals surface area contributed by atoms with E-state index in [2.05, 4.69) is 10.6 Å². The Balaban J connectivity index is 1.68. The van der Waals surface area contributed by atoms with Crippen molar-refractivity contribution in [3.63, 3.8) is 0 Å². The first-order chi connectivity index (χ1) is 19.9. The van der Waals surface area contributed by atoms with Crippen LogP contribution < -0.4 is 10.6 Å². The van der Waals surface area contributed by atoms with Crippen LogP contribution in [0, 0.1) is 28.7 Å². The minimum Gasteiger partial charge on any atom is -0.481 e. The maximum atomic E-state index is 13.9. The van der Waals surface area contributed by atoms with Gasteiger partial charge in [-0.05, 0) is 48.4 Å². The van der Waals surface area contributed by atoms with Crippen molar-refractivity contribution in [3.8, 4) is 0 Å². The zero-order valence-electron chi connectivity index (χ0n) is 22.1. The van der Waals surface area contributed by atoms with Gasteiger partial charge in [0.05, 0.1) is 17.4 Å². The normalized spacial score (nSPS) is 15.2. The van der Waals surface area contributed by atoms with Gasteiger partial charge in [-0.25, -0.2) is 13.6 Å². The maximum Gasteiger partial charge on any atom is 0.323 e. The summed E-state index contributed by atoms with van der Waals surface area (Å²) in [5, 5.41) is 25.9. The van der Waals surface area contributed by atoms with E-state index in [-0.39, 0.29) is 29.9 Å². The van der Waals surface area contributed by atoms with Crippen LogP contribution in [0.2, 0.25) is 0 Å². The van der Waals surface area contributed by atoms with Gasteiger partial charge in [0.2, 0.25) is 0 Å². The molecule has 0 saturated carbocycles. The van der Waals surface area contributed by atoms with Crippen LogP contribution in [-0.4, -0.2) is 62.9 Å². The fourth-order valence-electron chi connectivity index (χ4n) is 4.58. The number of aliphatic carboxylic acids is 1. The van der Waals surface area contributed by atoms with E-state index >= 15 is 0 Å². The zero-order chi connectivity index (χ0) is 30.6. The fourth-order valence-corrected chi connectivity index (χ4v) is 4.58. The second kappa shape index (κ2) is 12.4. The van der Waals surface area contributed by atoms with Crippen LogP contribution in [0.15, 0.2) is 66.7 Å². The average molecular weight is 582 g/mol. The van der Waals surface area contributed by atoms with Gasteiger partial charge in [-0.15, -0.1) is 0 Å². The van der Waals surface area contributed by atoms with Gasteiger partial charge in [-0.2, -0.15) is 0 Å². The number of rotatable bonds is 8. The molecule has 14 heteroatoms. The molecule has 0 aromatic heterocycles. The molecule has 4 rings (SSSR count). The van der Waals surface area contributed by atoms with Crippen LogP contribution in [-0.2, 0) is 9.59 Å². The van der Waals surface area contributed by atoms with E-state index in [4.69, 9.17) is 0 Å². The van der Waals surface area contributed by atoms with Crippen LogP contribution in [0.25, 0.3) is 0 Å². The van der Waals surface area contributed by atoms with Crippen molar-refractivity contribution in [3.05, 3.63) is 105 Å². The van der Waals surface area contributed by atoms with Crippen LogP contribution >= 0.6 is 0 Å². The van der Waals surface area contributed by atoms with Crippen LogP contribution in [0.5, 0.6) is 0 Å². The molecule has 1 fully saturated rings. The molecular weight excluding hydrogens is 556 g/mol. The van der Waals surface area contributed by atoms with E-state index in [0.717, 1.165) is 33.6 Å². The lowest BCUT2D eigenvalue weighted by atomic mass is 10.0. The fraction of sp³-hybridized carbons (Fsp3) is 0.214. The monoisotopic (exact) mass is 581 g/mol. The van der Waals surface area contributed by atoms with Crippen molar-refractivity contribution >= 4 is 35.2 Å². The number of hydrogen-bond acceptors (Lipinski definition) is 6. The molecule has 42 heavy (non-hydrogen) atoms. The number of benzene rings is 3. The summed E-state index contributed by atoms with van der Waals surface area (Å²) in [5.74, 6) is -5.66. The van der Waals surface area contributed by atoms with Gasteiger partial charge in [0.15, 0.2) is 17.8 Å². The number of urea groups is 1. The van der Waals surface area contributed by atoms with Gasteiger partial charge in [0.1, 0.15) is 0 Å². The lowest BCUT2D eigenvalue weighted by molar-refractivity contribution is -0.384. The highest BCUT2D eigenvalue weighted by molar-refractivity contribution is 6.00. The largest absolute Gasteiger partial charge is 0.481 e. The highest BCUT2D eigenvalue weighted by Gasteiger charge is 2.44. The molecular formula is C28H25F2N5O7. The first-order valence-electron chi connectivity index (χ1n) is 12.6. The van der Waals surface area contributed by atoms with Gasteiger partial charge in [0, 0.05) is 36.5 Å². The molecule has 2 atom stereocenters. The van der Waals surface area contributed by atoms with Gasteiger partial charge >= 0.3 is 12.0 Å². The van der Waals surface area contributed by atoms with Crippen molar-refractivity contribution < 1.29 is 38.0 Å². The molecule has 1 aliphatic heterocycles. The summed E-state index contributed by atoms with van der Waals surface area (Å²) >= 11 is 0. The highest BCUT2D eigenvalue weighted by atomic mass is 19.2. The molecule has 12 nitrogen and oxygen atoms in total. The molecule has 2 unspecified atom stereocenters. The Hall–Kier alpha value is -5.40. The number of non-ortho nitro benzene ring substituents is 1. The molecule has 4 amide bonds. The summed E-state index contributed by atoms with van der Waals surface area (Å²) in [7, 11) is 0. The van der Waals surface area contributed by atoms with Crippen molar-refractivity contribution in [2.75, 3.05) is 18.4 Å². The van der Waals surface area contributed by atoms with Crippen molar-refractivity contribution in [1.29, 1.82) is 0 Å². The molecule has 1 saturated heterocycles. The third-order valence-electron chi connectivity index (χ3n) is 6.54. The Kier molecular flexibility index (Phi) is 8.74. The van der Waals surface area contributed by atoms with E-state index in [1.807, 2.05) is 0 Å². The molecule has 0 spiro atoms. The van der Waals surface area contributed by atoms with E-state index in [9.17, 15) is 43.2 Å². The Morgan fingerprint density at radius 1 is 1.00 bits per heavy atom. The zero-order valence-corrected chi connectivity index (χ0v) is 22.1. The van der Waals surface area contributed by atoms with Crippen LogP contribution in [0.3, 0.4) is 0 Å². The standard InChI is InChI=1S/C28H25F2N5O7/c1-16-4-2-6-19(12-16)31-28(40)34-11-10-33(27(39)18-8-9-21(29)22(30)14-18)26(34)25(38)32-23(15-24(36)37)17-5-3-7-20(13-17)35(41)42/h2-9,12-14,23,26H,10-11,15H2,1H3,(H,31,40)(H,32,38)(H,36,37). The number of aryl methyl sites for hydroxylation is 1. The highest BCUT2D eigenvalue weighted by Crippen LogP contribution is 2.25. The average Bonchev–Trinajstić information content (AvgIpc) is 3.39. The first kappa shape index (κ1) is 29.6. The summed E-state index contributed by atoms with van der Waals surface area (Å²) in [6.07, 6.45) is -2.31. The van der Waals surface area contributed by atoms with E-state index in [1.54, 1.807) is 31.2 Å². The number of nitro benzene ring substituents is 1. The van der Waals surface area contributed by atoms with Gasteiger partial charge < -0.3 is 20.6 Å². The van der Waals surface area contributed by atoms with Crippen molar-refractivity contribution in [2.24, 2.45) is 0 Å². The number of nitrogens with zero attached hydrogens (tertiary/aromatic N) is 3. The van der Waals surface area contributed by atoms with Crippen molar-refractivity contribution in [2.45, 2.75) is 25.6 Å². The number of carboxylic acids is 1. The lowest BCUT2D eigenvalue weighted by Crippen LogP contribution is -2.55. The third-order valence-corrected chi connectivity index (χ3v) is 6.54. The number of anilines is 1. The Morgan fingerprint density at radius 2 is 1.71 bits per heavy atom. The number of carbonyl (C=O) groups is 4. The Bertz CT molecular complexity index is 1570. The number of amides is 4. The number of carboxylic acid groups (broad SMARTS) is 1. The quantitative estimate of drug-likeness (QED) is 0.269. The van der Waals surface area contributed by atoms with Gasteiger partial charge in [0.25, 0.3) is 17.5 Å². The van der Waals surface area contributed by atoms with E-state index < -0.39 is 59.0 Å². The number of hydrogen-bond donors (Lipinski definition) is 3. The topological polar surface area (TPSA) is 162 Å². The van der Waals surface area contributed by atoms with Crippen LogP contribution in [0.1, 0.15) is 33.9 Å². The molecule has 3 N–H and O–H groups in total. The molecule has 1 aliphatic rings. The predicted octanol–water partition coefficient (Wildman–Crippen LogP) is 3.83. The molecule has 3 aromatic rings. The summed E-state index contributed by atoms with van der Waals surface area (Å²) in [4.78, 5) is 64.7. The number of nitrogens with one attached hydrogen (secondary N) is 2. The number of nitro groups is 1. The van der Waals surface area contributed by atoms with E-state index in [0.29, 0.717) is 11.8 Å². The lowest BCUT2D eigenvalue weighted by Gasteiger charge is -2.31. The van der Waals surface area contributed by atoms with Gasteiger partial charge in [-0.3, -0.25) is 29.4 Å². The van der Waals surface area contributed by atoms with Crippen LogP contribution in [0.4, 0.5) is 25.0 Å². The maximum absolute atomic E-state index is 13.9. The smallest absolute Gasteiger partial charge is 0.323 e. The second-order valence-corrected chi connectivity index (χ2v) is 9.51. The summed E-state index contributed by atoms with van der Waals surface area (Å²) in [5.41, 5.74) is 0.727. The third kappa shape index (κ3) is 6.66.